The number of carbonyl (C=O) groups is 1. The SMILES string of the molecule is CCCCCNC(=O)CSCSc1nc2ccccc2c(=O)n1-c1ccc(F)cc1. The number of unbranched alkanes of at least 4 members (excludes halogenated alkanes) is 2. The summed E-state index contributed by atoms with van der Waals surface area (Å²) in [5.41, 5.74) is 0.969. The van der Waals surface area contributed by atoms with E-state index in [9.17, 15) is 14.0 Å². The molecule has 0 aliphatic heterocycles. The van der Waals surface area contributed by atoms with Crippen molar-refractivity contribution >= 4 is 40.3 Å². The van der Waals surface area contributed by atoms with Crippen LogP contribution in [-0.2, 0) is 4.79 Å². The van der Waals surface area contributed by atoms with Crippen LogP contribution in [0.4, 0.5) is 4.39 Å². The number of fused-ring (bicyclic) bond motifs is 1. The summed E-state index contributed by atoms with van der Waals surface area (Å²) in [4.78, 5) is 29.7. The molecule has 0 fully saturated rings. The Kier molecular flexibility index (Phi) is 8.33. The summed E-state index contributed by atoms with van der Waals surface area (Å²) in [6.45, 7) is 2.83. The highest BCUT2D eigenvalue weighted by molar-refractivity contribution is 8.16. The van der Waals surface area contributed by atoms with Crippen molar-refractivity contribution in [2.75, 3.05) is 17.4 Å². The van der Waals surface area contributed by atoms with Gasteiger partial charge in [0.1, 0.15) is 5.82 Å². The molecular weight excluding hydrogens is 421 g/mol. The van der Waals surface area contributed by atoms with Crippen LogP contribution < -0.4 is 10.9 Å². The van der Waals surface area contributed by atoms with E-state index in [1.54, 1.807) is 30.3 Å². The van der Waals surface area contributed by atoms with Crippen molar-refractivity contribution in [3.05, 3.63) is 64.7 Å². The van der Waals surface area contributed by atoms with Crippen molar-refractivity contribution in [1.29, 1.82) is 0 Å². The predicted octanol–water partition coefficient (Wildman–Crippen LogP) is 4.61. The Hall–Kier alpha value is -2.32. The third-order valence-electron chi connectivity index (χ3n) is 4.44. The molecule has 1 aromatic heterocycles. The number of nitrogens with one attached hydrogen (secondary N) is 1. The molecule has 0 atom stereocenters. The predicted molar refractivity (Wildman–Crippen MR) is 123 cm³/mol. The molecule has 2 aromatic carbocycles. The standard InChI is InChI=1S/C22H24FN3O2S2/c1-2-3-6-13-24-20(27)14-29-15-30-22-25-19-8-5-4-7-18(19)21(28)26(22)17-11-9-16(23)10-12-17/h4-5,7-12H,2-3,6,13-15H2,1H3,(H,24,27). The fraction of sp³-hybridized carbons (Fsp3) is 0.318. The molecule has 0 bridgehead atoms. The molecule has 5 nitrogen and oxygen atoms in total. The average Bonchev–Trinajstić information content (AvgIpc) is 2.75. The van der Waals surface area contributed by atoms with Crippen LogP contribution in [0.5, 0.6) is 0 Å². The zero-order valence-electron chi connectivity index (χ0n) is 16.8. The van der Waals surface area contributed by atoms with Gasteiger partial charge in [0, 0.05) is 11.6 Å². The average molecular weight is 446 g/mol. The van der Waals surface area contributed by atoms with Crippen LogP contribution in [0.2, 0.25) is 0 Å². The lowest BCUT2D eigenvalue weighted by Gasteiger charge is -2.13. The molecule has 0 saturated carbocycles. The molecule has 1 amide bonds. The minimum atomic E-state index is -0.366. The molecule has 158 valence electrons. The van der Waals surface area contributed by atoms with Crippen molar-refractivity contribution in [2.24, 2.45) is 0 Å². The second-order valence-electron chi connectivity index (χ2n) is 6.70. The van der Waals surface area contributed by atoms with Gasteiger partial charge in [-0.3, -0.25) is 14.2 Å². The summed E-state index contributed by atoms with van der Waals surface area (Å²) in [7, 11) is 0. The number of nitrogens with zero attached hydrogens (tertiary/aromatic N) is 2. The summed E-state index contributed by atoms with van der Waals surface area (Å²) < 4.78 is 14.9. The number of aromatic nitrogens is 2. The molecule has 0 saturated heterocycles. The lowest BCUT2D eigenvalue weighted by atomic mass is 10.2. The third-order valence-corrected chi connectivity index (χ3v) is 6.57. The smallest absolute Gasteiger partial charge is 0.266 e. The minimum absolute atomic E-state index is 0.0131. The molecule has 1 heterocycles. The number of hydrogen-bond acceptors (Lipinski definition) is 5. The van der Waals surface area contributed by atoms with Crippen molar-refractivity contribution in [3.8, 4) is 5.69 Å². The number of carbonyl (C=O) groups excluding carboxylic acids is 1. The number of halogens is 1. The van der Waals surface area contributed by atoms with E-state index >= 15 is 0 Å². The van der Waals surface area contributed by atoms with Gasteiger partial charge in [-0.25, -0.2) is 9.37 Å². The van der Waals surface area contributed by atoms with Crippen LogP contribution in [-0.4, -0.2) is 32.8 Å². The van der Waals surface area contributed by atoms with Crippen molar-refractivity contribution in [1.82, 2.24) is 14.9 Å². The maximum atomic E-state index is 13.4. The third kappa shape index (κ3) is 5.86. The molecule has 0 spiro atoms. The Morgan fingerprint density at radius 2 is 1.90 bits per heavy atom. The Bertz CT molecular complexity index is 1050. The zero-order chi connectivity index (χ0) is 21.3. The highest BCUT2D eigenvalue weighted by Gasteiger charge is 2.13. The van der Waals surface area contributed by atoms with Crippen LogP contribution in [0.25, 0.3) is 16.6 Å². The normalized spacial score (nSPS) is 11.0. The molecule has 1 N–H and O–H groups in total. The first kappa shape index (κ1) is 22.4. The van der Waals surface area contributed by atoms with E-state index in [4.69, 9.17) is 0 Å². The van der Waals surface area contributed by atoms with Crippen molar-refractivity contribution < 1.29 is 9.18 Å². The molecule has 3 aromatic rings. The molecule has 8 heteroatoms. The molecule has 3 rings (SSSR count). The Morgan fingerprint density at radius 3 is 2.67 bits per heavy atom. The lowest BCUT2D eigenvalue weighted by Crippen LogP contribution is -2.26. The minimum Gasteiger partial charge on any atom is -0.355 e. The largest absolute Gasteiger partial charge is 0.355 e. The van der Waals surface area contributed by atoms with Gasteiger partial charge < -0.3 is 5.32 Å². The molecule has 0 radical (unpaired) electrons. The lowest BCUT2D eigenvalue weighted by molar-refractivity contribution is -0.118. The number of rotatable bonds is 10. The van der Waals surface area contributed by atoms with E-state index in [1.807, 2.05) is 6.07 Å². The highest BCUT2D eigenvalue weighted by Crippen LogP contribution is 2.24. The van der Waals surface area contributed by atoms with E-state index in [1.165, 1.54) is 40.2 Å². The van der Waals surface area contributed by atoms with Gasteiger partial charge in [0.15, 0.2) is 5.16 Å². The van der Waals surface area contributed by atoms with Crippen LogP contribution in [0, 0.1) is 5.82 Å². The van der Waals surface area contributed by atoms with Crippen LogP contribution in [0.3, 0.4) is 0 Å². The van der Waals surface area contributed by atoms with E-state index in [0.717, 1.165) is 19.3 Å². The number of hydrogen-bond donors (Lipinski definition) is 1. The van der Waals surface area contributed by atoms with E-state index in [2.05, 4.69) is 17.2 Å². The summed E-state index contributed by atoms with van der Waals surface area (Å²) in [5.74, 6) is 0.00220. The van der Waals surface area contributed by atoms with Gasteiger partial charge in [0.2, 0.25) is 5.91 Å². The van der Waals surface area contributed by atoms with E-state index in [0.29, 0.717) is 39.1 Å². The Morgan fingerprint density at radius 1 is 1.13 bits per heavy atom. The van der Waals surface area contributed by atoms with Gasteiger partial charge in [-0.05, 0) is 42.8 Å². The number of amides is 1. The molecule has 30 heavy (non-hydrogen) atoms. The molecule has 0 aliphatic carbocycles. The van der Waals surface area contributed by atoms with Crippen LogP contribution in [0.1, 0.15) is 26.2 Å². The number of benzene rings is 2. The second kappa shape index (κ2) is 11.2. The van der Waals surface area contributed by atoms with Gasteiger partial charge in [-0.2, -0.15) is 0 Å². The monoisotopic (exact) mass is 445 g/mol. The topological polar surface area (TPSA) is 64.0 Å². The van der Waals surface area contributed by atoms with Gasteiger partial charge >= 0.3 is 0 Å². The summed E-state index contributed by atoms with van der Waals surface area (Å²) >= 11 is 2.86. The quantitative estimate of drug-likeness (QED) is 0.214. The zero-order valence-corrected chi connectivity index (χ0v) is 18.4. The first-order valence-electron chi connectivity index (χ1n) is 9.85. The molecule has 0 aliphatic rings. The fourth-order valence-electron chi connectivity index (χ4n) is 2.91. The van der Waals surface area contributed by atoms with E-state index in [-0.39, 0.29) is 17.3 Å². The Labute approximate surface area is 183 Å². The molecular formula is C22H24FN3O2S2. The summed E-state index contributed by atoms with van der Waals surface area (Å²) in [6.07, 6.45) is 3.22. The molecule has 0 unspecified atom stereocenters. The van der Waals surface area contributed by atoms with Crippen LogP contribution >= 0.6 is 23.5 Å². The number of para-hydroxylation sites is 1. The van der Waals surface area contributed by atoms with Gasteiger partial charge in [0.25, 0.3) is 5.56 Å². The maximum absolute atomic E-state index is 13.4. The summed E-state index contributed by atoms with van der Waals surface area (Å²) in [6, 6.07) is 12.9. The Balaban J connectivity index is 1.73. The fourth-order valence-corrected chi connectivity index (χ4v) is 4.77. The van der Waals surface area contributed by atoms with E-state index < -0.39 is 0 Å². The van der Waals surface area contributed by atoms with Crippen molar-refractivity contribution in [2.45, 2.75) is 31.3 Å². The maximum Gasteiger partial charge on any atom is 0.266 e. The van der Waals surface area contributed by atoms with Crippen molar-refractivity contribution in [3.63, 3.8) is 0 Å². The van der Waals surface area contributed by atoms with Crippen LogP contribution in [0.15, 0.2) is 58.5 Å². The van der Waals surface area contributed by atoms with Gasteiger partial charge in [-0.15, -0.1) is 11.8 Å². The summed E-state index contributed by atoms with van der Waals surface area (Å²) in [5, 5.41) is 4.50. The first-order valence-corrected chi connectivity index (χ1v) is 12.0. The second-order valence-corrected chi connectivity index (χ2v) is 8.99. The van der Waals surface area contributed by atoms with Gasteiger partial charge in [0.05, 0.1) is 22.3 Å². The van der Waals surface area contributed by atoms with Gasteiger partial charge in [-0.1, -0.05) is 43.7 Å². The number of thioether (sulfide) groups is 2. The first-order chi connectivity index (χ1) is 14.6. The highest BCUT2D eigenvalue weighted by atomic mass is 32.2.